The SMILES string of the molecule is COCC1CC(C)CCC=CC2CC2(C(=O)NS(=O)(=O)C2CC2)NC(=O)C2CC(Oc3nc4cc(OC)ccc4nc3C(F)(F)F)CN2C(=O)C1NC(=O)OC(C)(C)C(F)(F)F. The Morgan fingerprint density at radius 2 is 1.73 bits per heavy atom. The number of halogens is 6. The first-order valence-electron chi connectivity index (χ1n) is 19.9. The Hall–Kier alpha value is -4.93. The zero-order valence-corrected chi connectivity index (χ0v) is 35.2. The van der Waals surface area contributed by atoms with Crippen LogP contribution in [0.4, 0.5) is 31.1 Å². The number of benzene rings is 1. The molecule has 2 aliphatic heterocycles. The van der Waals surface area contributed by atoms with Crippen LogP contribution in [0, 0.1) is 17.8 Å². The quantitative estimate of drug-likeness (QED) is 0.222. The maximum absolute atomic E-state index is 14.9. The molecule has 16 nitrogen and oxygen atoms in total. The number of rotatable bonds is 10. The molecule has 6 rings (SSSR count). The van der Waals surface area contributed by atoms with Crippen molar-refractivity contribution >= 4 is 44.9 Å². The van der Waals surface area contributed by atoms with Gasteiger partial charge in [0.05, 0.1) is 36.5 Å². The molecular weight excluding hydrogens is 859 g/mol. The average Bonchev–Trinajstić information content (AvgIpc) is 4.10. The van der Waals surface area contributed by atoms with Gasteiger partial charge in [0.15, 0.2) is 0 Å². The van der Waals surface area contributed by atoms with Gasteiger partial charge in [-0.15, -0.1) is 0 Å². The van der Waals surface area contributed by atoms with E-state index in [1.807, 2.05) is 6.92 Å². The van der Waals surface area contributed by atoms with E-state index < -0.39 is 117 Å². The first-order valence-corrected chi connectivity index (χ1v) is 21.4. The van der Waals surface area contributed by atoms with Gasteiger partial charge in [-0.25, -0.2) is 23.2 Å². The number of aromatic nitrogens is 2. The molecule has 0 spiro atoms. The van der Waals surface area contributed by atoms with Gasteiger partial charge in [-0.1, -0.05) is 19.1 Å². The van der Waals surface area contributed by atoms with Crippen LogP contribution in [0.15, 0.2) is 30.4 Å². The van der Waals surface area contributed by atoms with E-state index in [1.165, 1.54) is 32.4 Å². The van der Waals surface area contributed by atoms with Gasteiger partial charge in [-0.05, 0) is 70.4 Å². The van der Waals surface area contributed by atoms with Gasteiger partial charge in [0, 0.05) is 31.4 Å². The smallest absolute Gasteiger partial charge is 0.438 e. The minimum atomic E-state index is -5.11. The lowest BCUT2D eigenvalue weighted by molar-refractivity contribution is -0.244. The number of fused-ring (bicyclic) bond motifs is 3. The van der Waals surface area contributed by atoms with Crippen molar-refractivity contribution in [2.75, 3.05) is 27.4 Å². The van der Waals surface area contributed by atoms with E-state index in [0.29, 0.717) is 39.5 Å². The zero-order chi connectivity index (χ0) is 45.6. The van der Waals surface area contributed by atoms with Gasteiger partial charge in [-0.3, -0.25) is 19.1 Å². The van der Waals surface area contributed by atoms with Crippen molar-refractivity contribution < 1.29 is 72.9 Å². The first-order chi connectivity index (χ1) is 28.9. The van der Waals surface area contributed by atoms with Crippen LogP contribution >= 0.6 is 0 Å². The number of ether oxygens (including phenoxy) is 4. The average molecular weight is 907 g/mol. The molecule has 0 radical (unpaired) electrons. The molecule has 7 unspecified atom stereocenters. The molecule has 3 heterocycles. The van der Waals surface area contributed by atoms with Crippen LogP contribution in [0.3, 0.4) is 0 Å². The minimum Gasteiger partial charge on any atom is -0.497 e. The zero-order valence-electron chi connectivity index (χ0n) is 34.4. The molecule has 1 saturated heterocycles. The van der Waals surface area contributed by atoms with Crippen LogP contribution in [0.5, 0.6) is 11.6 Å². The van der Waals surface area contributed by atoms with Crippen molar-refractivity contribution in [3.63, 3.8) is 0 Å². The third-order valence-corrected chi connectivity index (χ3v) is 13.3. The number of amides is 4. The maximum Gasteiger partial charge on any atom is 0.438 e. The number of carbonyl (C=O) groups is 4. The molecule has 7 atom stereocenters. The van der Waals surface area contributed by atoms with Crippen molar-refractivity contribution in [2.24, 2.45) is 17.8 Å². The number of alkyl carbamates (subject to hydrolysis) is 1. The van der Waals surface area contributed by atoms with E-state index in [1.54, 1.807) is 12.2 Å². The Morgan fingerprint density at radius 3 is 2.35 bits per heavy atom. The van der Waals surface area contributed by atoms with Gasteiger partial charge >= 0.3 is 18.4 Å². The fourth-order valence-electron chi connectivity index (χ4n) is 7.71. The minimum absolute atomic E-state index is 0.0383. The number of hydrogen-bond donors (Lipinski definition) is 3. The predicted molar refractivity (Wildman–Crippen MR) is 206 cm³/mol. The summed E-state index contributed by atoms with van der Waals surface area (Å²) < 4.78 is 134. The van der Waals surface area contributed by atoms with Crippen molar-refractivity contribution in [1.29, 1.82) is 0 Å². The van der Waals surface area contributed by atoms with Gasteiger partial charge in [0.1, 0.15) is 29.5 Å². The molecule has 0 bridgehead atoms. The summed E-state index contributed by atoms with van der Waals surface area (Å²) in [6.07, 6.45) is -8.67. The Balaban J connectivity index is 1.41. The Kier molecular flexibility index (Phi) is 13.0. The number of nitrogens with zero attached hydrogens (tertiary/aromatic N) is 3. The Morgan fingerprint density at radius 1 is 1.02 bits per heavy atom. The number of methoxy groups -OCH3 is 2. The molecule has 4 amide bonds. The third-order valence-electron chi connectivity index (χ3n) is 11.5. The van der Waals surface area contributed by atoms with Crippen LogP contribution in [-0.4, -0.2) is 115 Å². The second-order valence-corrected chi connectivity index (χ2v) is 18.7. The highest BCUT2D eigenvalue weighted by Crippen LogP contribution is 2.46. The molecule has 2 saturated carbocycles. The normalized spacial score (nSPS) is 27.6. The molecule has 1 aromatic heterocycles. The lowest BCUT2D eigenvalue weighted by Crippen LogP contribution is -2.60. The molecule has 4 aliphatic rings. The second kappa shape index (κ2) is 17.3. The van der Waals surface area contributed by atoms with E-state index in [2.05, 4.69) is 25.3 Å². The summed E-state index contributed by atoms with van der Waals surface area (Å²) in [5.41, 5.74) is -6.58. The molecule has 2 aromatic rings. The molecule has 342 valence electrons. The summed E-state index contributed by atoms with van der Waals surface area (Å²) in [5, 5.41) is 4.07. The summed E-state index contributed by atoms with van der Waals surface area (Å²) in [4.78, 5) is 65.1. The van der Waals surface area contributed by atoms with E-state index in [4.69, 9.17) is 18.9 Å². The highest BCUT2D eigenvalue weighted by atomic mass is 32.2. The molecular formula is C39H48F6N6O10S. The summed E-state index contributed by atoms with van der Waals surface area (Å²) in [6, 6.07) is 0.537. The van der Waals surface area contributed by atoms with E-state index in [-0.39, 0.29) is 42.1 Å². The van der Waals surface area contributed by atoms with Crippen LogP contribution in [0.1, 0.15) is 71.4 Å². The number of carbonyl (C=O) groups excluding carboxylic acids is 4. The number of alkyl halides is 6. The number of allylic oxidation sites excluding steroid dienone is 1. The fraction of sp³-hybridized carbons (Fsp3) is 0.641. The molecule has 2 aliphatic carbocycles. The summed E-state index contributed by atoms with van der Waals surface area (Å²) in [5.74, 6) is -5.77. The monoisotopic (exact) mass is 906 g/mol. The second-order valence-electron chi connectivity index (χ2n) is 16.7. The van der Waals surface area contributed by atoms with Crippen LogP contribution in [-0.2, 0) is 40.1 Å². The topological polar surface area (TPSA) is 204 Å². The molecule has 23 heteroatoms. The lowest BCUT2D eigenvalue weighted by Gasteiger charge is -2.35. The fourth-order valence-corrected chi connectivity index (χ4v) is 9.07. The highest BCUT2D eigenvalue weighted by Gasteiger charge is 2.62. The van der Waals surface area contributed by atoms with Gasteiger partial charge < -0.3 is 34.5 Å². The molecule has 3 N–H and O–H groups in total. The largest absolute Gasteiger partial charge is 0.497 e. The van der Waals surface area contributed by atoms with Gasteiger partial charge in [0.25, 0.3) is 5.91 Å². The van der Waals surface area contributed by atoms with Crippen molar-refractivity contribution in [3.05, 3.63) is 36.0 Å². The molecule has 3 fully saturated rings. The summed E-state index contributed by atoms with van der Waals surface area (Å²) in [6.45, 7) is 2.16. The van der Waals surface area contributed by atoms with E-state index in [9.17, 15) is 53.9 Å². The van der Waals surface area contributed by atoms with E-state index >= 15 is 0 Å². The first kappa shape index (κ1) is 46.6. The Labute approximate surface area is 352 Å². The van der Waals surface area contributed by atoms with Crippen LogP contribution < -0.4 is 24.8 Å². The van der Waals surface area contributed by atoms with Gasteiger partial charge in [0.2, 0.25) is 39.0 Å². The molecule has 62 heavy (non-hydrogen) atoms. The van der Waals surface area contributed by atoms with Crippen LogP contribution in [0.25, 0.3) is 11.0 Å². The summed E-state index contributed by atoms with van der Waals surface area (Å²) >= 11 is 0. The van der Waals surface area contributed by atoms with Gasteiger partial charge in [-0.2, -0.15) is 26.3 Å². The van der Waals surface area contributed by atoms with Crippen LogP contribution in [0.2, 0.25) is 0 Å². The predicted octanol–water partition coefficient (Wildman–Crippen LogP) is 4.56. The van der Waals surface area contributed by atoms with E-state index in [0.717, 1.165) is 4.90 Å². The number of hydrogen-bond acceptors (Lipinski definition) is 12. The lowest BCUT2D eigenvalue weighted by atomic mass is 9.87. The summed E-state index contributed by atoms with van der Waals surface area (Å²) in [7, 11) is -1.48. The Bertz CT molecular complexity index is 2200. The highest BCUT2D eigenvalue weighted by molar-refractivity contribution is 7.91. The van der Waals surface area contributed by atoms with Crippen molar-refractivity contribution in [3.8, 4) is 11.6 Å². The maximum atomic E-state index is 14.9. The number of sulfonamides is 1. The van der Waals surface area contributed by atoms with Crippen molar-refractivity contribution in [1.82, 2.24) is 30.2 Å². The third kappa shape index (κ3) is 10.1. The molecule has 1 aromatic carbocycles. The standard InChI is InChI=1S/C39H48F6N6O10S/c1-20-8-6-7-9-22-17-37(22,34(54)50-62(56,57)25-11-12-25)49-31(52)28-16-24(60-32-30(38(40,41)42)46-26-13-10-23(59-5)15-27(26)47-32)18-51(28)33(53)29(21(14-20)19-58-4)48-35(55)61-36(2,3)39(43,44)45/h7,9-10,13,15,20-22,24-25,28-29H,6,8,11-12,14,16-19H2,1-5H3,(H,48,55)(H,49,52)(H,50,54). The van der Waals surface area contributed by atoms with Crippen molar-refractivity contribution in [2.45, 2.75) is 113 Å². The number of nitrogens with one attached hydrogen (secondary N) is 3.